The first-order valence-corrected chi connectivity index (χ1v) is 8.51. The molecular weight excluding hydrogens is 386 g/mol. The maximum absolute atomic E-state index is 12.0. The molecule has 0 saturated carbocycles. The van der Waals surface area contributed by atoms with Crippen molar-refractivity contribution in [2.24, 2.45) is 0 Å². The van der Waals surface area contributed by atoms with E-state index in [1.165, 1.54) is 0 Å². The molecule has 1 aromatic heterocycles. The normalized spacial score (nSPS) is 10.2. The summed E-state index contributed by atoms with van der Waals surface area (Å²) >= 11 is 3.37. The summed E-state index contributed by atoms with van der Waals surface area (Å²) in [6, 6.07) is 8.98. The van der Waals surface area contributed by atoms with Gasteiger partial charge in [-0.25, -0.2) is 0 Å². The van der Waals surface area contributed by atoms with Crippen LogP contribution in [-0.4, -0.2) is 42.7 Å². The standard InChI is InChI=1S/C17H20BrN5O2/c1-11-4-5-12(18)10-14(11)20-16(24)8-9-19-17(25)13-6-7-15(22-21-13)23(2)3/h4-7,10H,8-9H2,1-3H3,(H,19,25)(H,20,24). The lowest BCUT2D eigenvalue weighted by Crippen LogP contribution is -2.28. The molecule has 1 heterocycles. The minimum atomic E-state index is -0.357. The van der Waals surface area contributed by atoms with E-state index in [-0.39, 0.29) is 30.5 Å². The minimum Gasteiger partial charge on any atom is -0.361 e. The van der Waals surface area contributed by atoms with Crippen LogP contribution < -0.4 is 15.5 Å². The van der Waals surface area contributed by atoms with Crippen LogP contribution >= 0.6 is 15.9 Å². The van der Waals surface area contributed by atoms with Gasteiger partial charge in [-0.15, -0.1) is 10.2 Å². The first kappa shape index (κ1) is 18.9. The third-order valence-corrected chi connectivity index (χ3v) is 3.95. The number of amides is 2. The summed E-state index contributed by atoms with van der Waals surface area (Å²) in [4.78, 5) is 25.8. The van der Waals surface area contributed by atoms with Crippen LogP contribution in [0.15, 0.2) is 34.8 Å². The van der Waals surface area contributed by atoms with Gasteiger partial charge in [0.15, 0.2) is 11.5 Å². The highest BCUT2D eigenvalue weighted by Gasteiger charge is 2.10. The second kappa shape index (κ2) is 8.57. The Labute approximate surface area is 155 Å². The van der Waals surface area contributed by atoms with Crippen molar-refractivity contribution < 1.29 is 9.59 Å². The lowest BCUT2D eigenvalue weighted by molar-refractivity contribution is -0.116. The van der Waals surface area contributed by atoms with E-state index in [9.17, 15) is 9.59 Å². The summed E-state index contributed by atoms with van der Waals surface area (Å²) in [6.45, 7) is 2.13. The summed E-state index contributed by atoms with van der Waals surface area (Å²) in [5, 5.41) is 13.3. The predicted molar refractivity (Wildman–Crippen MR) is 101 cm³/mol. The summed E-state index contributed by atoms with van der Waals surface area (Å²) in [5.74, 6) is 0.139. The molecule has 0 unspecified atom stereocenters. The number of benzene rings is 1. The molecule has 2 N–H and O–H groups in total. The Morgan fingerprint density at radius 1 is 1.16 bits per heavy atom. The second-order valence-corrected chi connectivity index (χ2v) is 6.60. The average molecular weight is 406 g/mol. The van der Waals surface area contributed by atoms with Crippen molar-refractivity contribution in [3.05, 3.63) is 46.1 Å². The molecule has 25 heavy (non-hydrogen) atoms. The van der Waals surface area contributed by atoms with Crippen molar-refractivity contribution in [3.63, 3.8) is 0 Å². The molecule has 1 aromatic carbocycles. The van der Waals surface area contributed by atoms with Crippen molar-refractivity contribution in [1.29, 1.82) is 0 Å². The summed E-state index contributed by atoms with van der Waals surface area (Å²) in [7, 11) is 3.69. The molecular formula is C17H20BrN5O2. The van der Waals surface area contributed by atoms with E-state index in [0.29, 0.717) is 5.82 Å². The Morgan fingerprint density at radius 3 is 2.56 bits per heavy atom. The fraction of sp³-hybridized carbons (Fsp3) is 0.294. The number of halogens is 1. The molecule has 0 radical (unpaired) electrons. The third kappa shape index (κ3) is 5.53. The quantitative estimate of drug-likeness (QED) is 0.769. The highest BCUT2D eigenvalue weighted by atomic mass is 79.9. The largest absolute Gasteiger partial charge is 0.361 e. The number of anilines is 2. The van der Waals surface area contributed by atoms with Gasteiger partial charge in [-0.3, -0.25) is 9.59 Å². The van der Waals surface area contributed by atoms with Crippen LogP contribution in [0.5, 0.6) is 0 Å². The molecule has 0 spiro atoms. The van der Waals surface area contributed by atoms with Gasteiger partial charge in [-0.2, -0.15) is 0 Å². The minimum absolute atomic E-state index is 0.168. The van der Waals surface area contributed by atoms with Gasteiger partial charge in [0.05, 0.1) is 0 Å². The highest BCUT2D eigenvalue weighted by molar-refractivity contribution is 9.10. The second-order valence-electron chi connectivity index (χ2n) is 5.68. The number of nitrogens with one attached hydrogen (secondary N) is 2. The van der Waals surface area contributed by atoms with Crippen molar-refractivity contribution in [2.45, 2.75) is 13.3 Å². The fourth-order valence-corrected chi connectivity index (χ4v) is 2.37. The Hall–Kier alpha value is -2.48. The number of hydrogen-bond acceptors (Lipinski definition) is 5. The van der Waals surface area contributed by atoms with Crippen LogP contribution in [0.4, 0.5) is 11.5 Å². The van der Waals surface area contributed by atoms with Crippen LogP contribution in [0.2, 0.25) is 0 Å². The smallest absolute Gasteiger partial charge is 0.271 e. The van der Waals surface area contributed by atoms with Crippen LogP contribution in [-0.2, 0) is 4.79 Å². The lowest BCUT2D eigenvalue weighted by Gasteiger charge is -2.11. The van der Waals surface area contributed by atoms with Gasteiger partial charge < -0.3 is 15.5 Å². The van der Waals surface area contributed by atoms with Crippen molar-refractivity contribution in [1.82, 2.24) is 15.5 Å². The van der Waals surface area contributed by atoms with Gasteiger partial charge in [0.25, 0.3) is 5.91 Å². The van der Waals surface area contributed by atoms with E-state index in [1.807, 2.05) is 39.2 Å². The van der Waals surface area contributed by atoms with Gasteiger partial charge in [-0.05, 0) is 36.8 Å². The van der Waals surface area contributed by atoms with E-state index in [4.69, 9.17) is 0 Å². The number of aromatic nitrogens is 2. The molecule has 132 valence electrons. The van der Waals surface area contributed by atoms with Gasteiger partial charge in [0.1, 0.15) is 0 Å². The van der Waals surface area contributed by atoms with Crippen molar-refractivity contribution >= 4 is 39.2 Å². The van der Waals surface area contributed by atoms with E-state index in [0.717, 1.165) is 15.7 Å². The zero-order valence-electron chi connectivity index (χ0n) is 14.3. The molecule has 2 amide bonds. The van der Waals surface area contributed by atoms with Crippen LogP contribution in [0, 0.1) is 6.92 Å². The number of aryl methyl sites for hydroxylation is 1. The highest BCUT2D eigenvalue weighted by Crippen LogP contribution is 2.20. The molecule has 0 aliphatic rings. The Kier molecular flexibility index (Phi) is 6.46. The molecule has 0 bridgehead atoms. The number of carbonyl (C=O) groups is 2. The number of carbonyl (C=O) groups excluding carboxylic acids is 2. The summed E-state index contributed by atoms with van der Waals surface area (Å²) in [6.07, 6.45) is 0.168. The fourth-order valence-electron chi connectivity index (χ4n) is 2.01. The molecule has 0 aliphatic carbocycles. The van der Waals surface area contributed by atoms with Gasteiger partial charge in [0.2, 0.25) is 5.91 Å². The molecule has 0 fully saturated rings. The molecule has 0 saturated heterocycles. The Morgan fingerprint density at radius 2 is 1.92 bits per heavy atom. The number of rotatable bonds is 6. The van der Waals surface area contributed by atoms with E-state index in [1.54, 1.807) is 17.0 Å². The SMILES string of the molecule is Cc1ccc(Br)cc1NC(=O)CCNC(=O)c1ccc(N(C)C)nn1. The number of hydrogen-bond donors (Lipinski definition) is 2. The van der Waals surface area contributed by atoms with Gasteiger partial charge in [0, 0.05) is 37.2 Å². The van der Waals surface area contributed by atoms with E-state index < -0.39 is 0 Å². The summed E-state index contributed by atoms with van der Waals surface area (Å²) in [5.41, 5.74) is 1.93. The van der Waals surface area contributed by atoms with E-state index in [2.05, 4.69) is 36.8 Å². The molecule has 7 nitrogen and oxygen atoms in total. The van der Waals surface area contributed by atoms with Crippen molar-refractivity contribution in [3.8, 4) is 0 Å². The van der Waals surface area contributed by atoms with Gasteiger partial charge >= 0.3 is 0 Å². The number of nitrogens with zero attached hydrogens (tertiary/aromatic N) is 3. The Bertz CT molecular complexity index is 762. The maximum atomic E-state index is 12.0. The third-order valence-electron chi connectivity index (χ3n) is 3.45. The first-order valence-electron chi connectivity index (χ1n) is 7.72. The topological polar surface area (TPSA) is 87.2 Å². The Balaban J connectivity index is 1.82. The zero-order valence-corrected chi connectivity index (χ0v) is 15.9. The van der Waals surface area contributed by atoms with Crippen molar-refractivity contribution in [2.75, 3.05) is 30.9 Å². The molecule has 2 aromatic rings. The van der Waals surface area contributed by atoms with Crippen LogP contribution in [0.3, 0.4) is 0 Å². The monoisotopic (exact) mass is 405 g/mol. The van der Waals surface area contributed by atoms with Crippen LogP contribution in [0.1, 0.15) is 22.5 Å². The van der Waals surface area contributed by atoms with E-state index >= 15 is 0 Å². The molecule has 2 rings (SSSR count). The molecule has 0 atom stereocenters. The van der Waals surface area contributed by atoms with Gasteiger partial charge in [-0.1, -0.05) is 22.0 Å². The first-order chi connectivity index (χ1) is 11.9. The maximum Gasteiger partial charge on any atom is 0.271 e. The lowest BCUT2D eigenvalue weighted by atomic mass is 10.2. The molecule has 0 aliphatic heterocycles. The summed E-state index contributed by atoms with van der Waals surface area (Å²) < 4.78 is 0.890. The predicted octanol–water partition coefficient (Wildman–Crippen LogP) is 2.37. The average Bonchev–Trinajstić information content (AvgIpc) is 2.58. The van der Waals surface area contributed by atoms with Crippen LogP contribution in [0.25, 0.3) is 0 Å². The zero-order chi connectivity index (χ0) is 18.4. The molecule has 8 heteroatoms.